The molecule has 1 saturated carbocycles. The average molecular weight is 415 g/mol. The number of hydrogen-bond acceptors (Lipinski definition) is 5. The molecule has 1 aliphatic heterocycles. The predicted molar refractivity (Wildman–Crippen MR) is 110 cm³/mol. The number of ether oxygens (including phenoxy) is 1. The molecule has 8 nitrogen and oxygen atoms in total. The molecule has 0 unspecified atom stereocenters. The van der Waals surface area contributed by atoms with Gasteiger partial charge < -0.3 is 15.0 Å². The van der Waals surface area contributed by atoms with Gasteiger partial charge in [-0.3, -0.25) is 19.7 Å². The second-order valence-corrected chi connectivity index (χ2v) is 7.99. The van der Waals surface area contributed by atoms with Crippen LogP contribution in [0.25, 0.3) is 0 Å². The Bertz CT molecular complexity index is 796. The highest BCUT2D eigenvalue weighted by Gasteiger charge is 2.29. The summed E-state index contributed by atoms with van der Waals surface area (Å²) in [5, 5.41) is 4.94. The number of carbonyl (C=O) groups is 4. The number of hydrogen-bond donors (Lipinski definition) is 2. The highest BCUT2D eigenvalue weighted by Crippen LogP contribution is 2.21. The minimum absolute atomic E-state index is 0.0347. The maximum atomic E-state index is 12.7. The normalized spacial score (nSPS) is 17.4. The molecule has 0 aromatic heterocycles. The van der Waals surface area contributed by atoms with Gasteiger partial charge in [-0.25, -0.2) is 4.79 Å². The van der Waals surface area contributed by atoms with E-state index in [1.54, 1.807) is 11.0 Å². The van der Waals surface area contributed by atoms with Crippen LogP contribution in [-0.2, 0) is 14.3 Å². The number of amides is 4. The van der Waals surface area contributed by atoms with Crippen molar-refractivity contribution in [1.29, 1.82) is 0 Å². The Morgan fingerprint density at radius 1 is 1.03 bits per heavy atom. The fraction of sp³-hybridized carbons (Fsp3) is 0.545. The molecule has 4 amide bonds. The van der Waals surface area contributed by atoms with Crippen molar-refractivity contribution in [2.24, 2.45) is 5.92 Å². The van der Waals surface area contributed by atoms with Crippen molar-refractivity contribution in [3.05, 3.63) is 35.4 Å². The van der Waals surface area contributed by atoms with E-state index in [-0.39, 0.29) is 17.9 Å². The third-order valence-corrected chi connectivity index (χ3v) is 5.78. The van der Waals surface area contributed by atoms with Gasteiger partial charge in [0.25, 0.3) is 11.8 Å². The van der Waals surface area contributed by atoms with Crippen molar-refractivity contribution in [1.82, 2.24) is 15.5 Å². The molecule has 1 aromatic rings. The summed E-state index contributed by atoms with van der Waals surface area (Å²) in [7, 11) is 0. The molecule has 0 bridgehead atoms. The summed E-state index contributed by atoms with van der Waals surface area (Å²) in [6, 6.07) is 6.99. The summed E-state index contributed by atoms with van der Waals surface area (Å²) < 4.78 is 5.08. The quantitative estimate of drug-likeness (QED) is 0.717. The standard InChI is InChI=1S/C22H29N3O5/c1-15-6-2-5-9-18(15)20(27)25-12-10-16(11-13-25)21(28)30-14-19(26)24-22(29)23-17-7-3-4-8-17/h2,5-6,9,16-17H,3-4,7-8,10-14H2,1H3,(H2,23,24,26,29). The Hall–Kier alpha value is -2.90. The molecule has 0 radical (unpaired) electrons. The zero-order valence-corrected chi connectivity index (χ0v) is 17.3. The van der Waals surface area contributed by atoms with Crippen LogP contribution in [0, 0.1) is 12.8 Å². The lowest BCUT2D eigenvalue weighted by Gasteiger charge is -2.31. The van der Waals surface area contributed by atoms with Gasteiger partial charge in [0.05, 0.1) is 5.92 Å². The summed E-state index contributed by atoms with van der Waals surface area (Å²) in [5.74, 6) is -1.51. The number of likely N-dealkylation sites (tertiary alicyclic amines) is 1. The first-order valence-corrected chi connectivity index (χ1v) is 10.6. The monoisotopic (exact) mass is 415 g/mol. The molecule has 1 saturated heterocycles. The van der Waals surface area contributed by atoms with Crippen molar-refractivity contribution in [2.75, 3.05) is 19.7 Å². The molecular formula is C22H29N3O5. The van der Waals surface area contributed by atoms with E-state index in [1.807, 2.05) is 25.1 Å². The molecule has 2 fully saturated rings. The van der Waals surface area contributed by atoms with Gasteiger partial charge in [0, 0.05) is 24.7 Å². The number of carbonyl (C=O) groups excluding carboxylic acids is 4. The maximum absolute atomic E-state index is 12.7. The minimum Gasteiger partial charge on any atom is -0.455 e. The lowest BCUT2D eigenvalue weighted by Crippen LogP contribution is -2.45. The molecule has 0 atom stereocenters. The van der Waals surface area contributed by atoms with Gasteiger partial charge in [-0.2, -0.15) is 0 Å². The van der Waals surface area contributed by atoms with Crippen LogP contribution in [0.5, 0.6) is 0 Å². The molecule has 2 aliphatic rings. The number of esters is 1. The molecule has 1 aliphatic carbocycles. The lowest BCUT2D eigenvalue weighted by molar-refractivity contribution is -0.153. The molecular weight excluding hydrogens is 386 g/mol. The van der Waals surface area contributed by atoms with Crippen molar-refractivity contribution < 1.29 is 23.9 Å². The first-order chi connectivity index (χ1) is 14.4. The van der Waals surface area contributed by atoms with Gasteiger partial charge in [0.1, 0.15) is 0 Å². The summed E-state index contributed by atoms with van der Waals surface area (Å²) >= 11 is 0. The van der Waals surface area contributed by atoms with E-state index in [2.05, 4.69) is 10.6 Å². The highest BCUT2D eigenvalue weighted by molar-refractivity contribution is 5.96. The fourth-order valence-electron chi connectivity index (χ4n) is 4.01. The van der Waals surface area contributed by atoms with Crippen LogP contribution in [0.1, 0.15) is 54.4 Å². The van der Waals surface area contributed by atoms with Gasteiger partial charge in [-0.1, -0.05) is 31.0 Å². The second kappa shape index (κ2) is 10.2. The number of urea groups is 1. The summed E-state index contributed by atoms with van der Waals surface area (Å²) in [5.41, 5.74) is 1.60. The van der Waals surface area contributed by atoms with E-state index in [0.29, 0.717) is 31.5 Å². The molecule has 30 heavy (non-hydrogen) atoms. The predicted octanol–water partition coefficient (Wildman–Crippen LogP) is 2.16. The van der Waals surface area contributed by atoms with Crippen molar-refractivity contribution in [3.63, 3.8) is 0 Å². The zero-order chi connectivity index (χ0) is 21.5. The molecule has 1 aromatic carbocycles. The second-order valence-electron chi connectivity index (χ2n) is 7.99. The van der Waals surface area contributed by atoms with E-state index in [9.17, 15) is 19.2 Å². The third kappa shape index (κ3) is 5.81. The SMILES string of the molecule is Cc1ccccc1C(=O)N1CCC(C(=O)OCC(=O)NC(=O)NC2CCCC2)CC1. The van der Waals surface area contributed by atoms with Crippen LogP contribution in [0.3, 0.4) is 0 Å². The Kier molecular flexibility index (Phi) is 7.43. The lowest BCUT2D eigenvalue weighted by atomic mass is 9.96. The van der Waals surface area contributed by atoms with E-state index in [1.165, 1.54) is 0 Å². The van der Waals surface area contributed by atoms with Crippen LogP contribution < -0.4 is 10.6 Å². The molecule has 3 rings (SSSR count). The number of benzene rings is 1. The number of piperidine rings is 1. The van der Waals surface area contributed by atoms with Crippen LogP contribution in [-0.4, -0.2) is 54.5 Å². The van der Waals surface area contributed by atoms with E-state index >= 15 is 0 Å². The molecule has 0 spiro atoms. The van der Waals surface area contributed by atoms with Crippen molar-refractivity contribution in [3.8, 4) is 0 Å². The third-order valence-electron chi connectivity index (χ3n) is 5.78. The number of imide groups is 1. The van der Waals surface area contributed by atoms with E-state index < -0.39 is 24.5 Å². The van der Waals surface area contributed by atoms with Crippen LogP contribution >= 0.6 is 0 Å². The zero-order valence-electron chi connectivity index (χ0n) is 17.3. The van der Waals surface area contributed by atoms with Crippen molar-refractivity contribution in [2.45, 2.75) is 51.5 Å². The van der Waals surface area contributed by atoms with Crippen LogP contribution in [0.15, 0.2) is 24.3 Å². The fourth-order valence-corrected chi connectivity index (χ4v) is 4.01. The van der Waals surface area contributed by atoms with Gasteiger partial charge >= 0.3 is 12.0 Å². The van der Waals surface area contributed by atoms with Gasteiger partial charge in [0.15, 0.2) is 6.61 Å². The first kappa shape index (κ1) is 21.8. The summed E-state index contributed by atoms with van der Waals surface area (Å²) in [4.78, 5) is 50.3. The molecule has 8 heteroatoms. The largest absolute Gasteiger partial charge is 0.455 e. The van der Waals surface area contributed by atoms with E-state index in [0.717, 1.165) is 31.2 Å². The average Bonchev–Trinajstić information content (AvgIpc) is 3.25. The topological polar surface area (TPSA) is 105 Å². The van der Waals surface area contributed by atoms with Gasteiger partial charge in [-0.15, -0.1) is 0 Å². The van der Waals surface area contributed by atoms with Crippen LogP contribution in [0.2, 0.25) is 0 Å². The van der Waals surface area contributed by atoms with Gasteiger partial charge in [-0.05, 0) is 44.2 Å². The minimum atomic E-state index is -0.647. The maximum Gasteiger partial charge on any atom is 0.321 e. The molecule has 1 heterocycles. The van der Waals surface area contributed by atoms with Crippen molar-refractivity contribution >= 4 is 23.8 Å². The summed E-state index contributed by atoms with van der Waals surface area (Å²) in [6.07, 6.45) is 4.96. The smallest absolute Gasteiger partial charge is 0.321 e. The first-order valence-electron chi connectivity index (χ1n) is 10.6. The Balaban J connectivity index is 1.37. The molecule has 2 N–H and O–H groups in total. The van der Waals surface area contributed by atoms with Crippen LogP contribution in [0.4, 0.5) is 4.79 Å². The number of aryl methyl sites for hydroxylation is 1. The highest BCUT2D eigenvalue weighted by atomic mass is 16.5. The Labute approximate surface area is 176 Å². The van der Waals surface area contributed by atoms with E-state index in [4.69, 9.17) is 4.74 Å². The summed E-state index contributed by atoms with van der Waals surface area (Å²) in [6.45, 7) is 2.33. The molecule has 162 valence electrons. The van der Waals surface area contributed by atoms with Gasteiger partial charge in [0.2, 0.25) is 0 Å². The number of nitrogens with zero attached hydrogens (tertiary/aromatic N) is 1. The Morgan fingerprint density at radius 2 is 1.70 bits per heavy atom. The Morgan fingerprint density at radius 3 is 2.37 bits per heavy atom. The number of nitrogens with one attached hydrogen (secondary N) is 2. The number of rotatable bonds is 5.